The fourth-order valence-electron chi connectivity index (χ4n) is 1.95. The molecule has 0 saturated carbocycles. The monoisotopic (exact) mass is 249 g/mol. The maximum absolute atomic E-state index is 10.9. The largest absolute Gasteiger partial charge is 0.379 e. The van der Waals surface area contributed by atoms with Gasteiger partial charge in [0, 0.05) is 25.7 Å². The molecule has 2 atom stereocenters. The molecule has 2 heterocycles. The number of nitrogens with zero attached hydrogens (tertiary/aromatic N) is 1. The molecule has 5 heteroatoms. The molecular weight excluding hydrogens is 230 g/mol. The van der Waals surface area contributed by atoms with E-state index >= 15 is 0 Å². The number of pyridine rings is 1. The number of nitrogens with one attached hydrogen (secondary N) is 2. The minimum Gasteiger partial charge on any atom is -0.379 e. The van der Waals surface area contributed by atoms with Gasteiger partial charge >= 0.3 is 0 Å². The molecule has 18 heavy (non-hydrogen) atoms. The highest BCUT2D eigenvalue weighted by atomic mass is 16.5. The van der Waals surface area contributed by atoms with E-state index in [2.05, 4.69) is 22.5 Å². The van der Waals surface area contributed by atoms with Crippen LogP contribution >= 0.6 is 0 Å². The minimum absolute atomic E-state index is 0.106. The maximum atomic E-state index is 10.9. The molecule has 1 fully saturated rings. The zero-order valence-electron chi connectivity index (χ0n) is 10.8. The lowest BCUT2D eigenvalue weighted by atomic mass is 10.1. The van der Waals surface area contributed by atoms with E-state index in [1.54, 1.807) is 6.20 Å². The van der Waals surface area contributed by atoms with Gasteiger partial charge in [-0.15, -0.1) is 0 Å². The zero-order chi connectivity index (χ0) is 13.0. The summed E-state index contributed by atoms with van der Waals surface area (Å²) >= 11 is 0. The summed E-state index contributed by atoms with van der Waals surface area (Å²) in [5.41, 5.74) is 1.10. The second kappa shape index (κ2) is 5.93. The number of amides is 1. The van der Waals surface area contributed by atoms with E-state index < -0.39 is 0 Å². The van der Waals surface area contributed by atoms with E-state index in [1.807, 2.05) is 12.1 Å². The lowest BCUT2D eigenvalue weighted by Gasteiger charge is -2.15. The van der Waals surface area contributed by atoms with Gasteiger partial charge in [-0.1, -0.05) is 13.0 Å². The number of carbonyl (C=O) groups excluding carboxylic acids is 1. The molecular formula is C13H19N3O2. The van der Waals surface area contributed by atoms with Crippen LogP contribution in [0.25, 0.3) is 0 Å². The fraction of sp³-hybridized carbons (Fsp3) is 0.538. The van der Waals surface area contributed by atoms with Crippen molar-refractivity contribution in [2.75, 3.05) is 18.5 Å². The third-order valence-electron chi connectivity index (χ3n) is 3.06. The first-order chi connectivity index (χ1) is 8.65. The second-order valence-electron chi connectivity index (χ2n) is 4.74. The van der Waals surface area contributed by atoms with E-state index in [4.69, 9.17) is 4.74 Å². The summed E-state index contributed by atoms with van der Waals surface area (Å²) < 4.78 is 5.40. The first kappa shape index (κ1) is 13.0. The molecule has 1 amide bonds. The lowest BCUT2D eigenvalue weighted by Crippen LogP contribution is -2.33. The second-order valence-corrected chi connectivity index (χ2v) is 4.74. The van der Waals surface area contributed by atoms with Crippen LogP contribution in [-0.4, -0.2) is 30.1 Å². The maximum Gasteiger partial charge on any atom is 0.222 e. The average Bonchev–Trinajstić information content (AvgIpc) is 2.73. The number of aromatic nitrogens is 1. The number of hydrogen-bond acceptors (Lipinski definition) is 4. The number of hydrogen-bond donors (Lipinski definition) is 2. The molecule has 2 unspecified atom stereocenters. The highest BCUT2D eigenvalue weighted by Crippen LogP contribution is 2.13. The summed E-state index contributed by atoms with van der Waals surface area (Å²) in [5.74, 6) is 1.03. The van der Waals surface area contributed by atoms with Crippen molar-refractivity contribution in [3.8, 4) is 0 Å². The van der Waals surface area contributed by atoms with Gasteiger partial charge in [0.25, 0.3) is 0 Å². The van der Waals surface area contributed by atoms with Gasteiger partial charge in [0.05, 0.1) is 13.2 Å². The molecule has 1 aromatic heterocycles. The van der Waals surface area contributed by atoms with Crippen molar-refractivity contribution in [3.05, 3.63) is 23.9 Å². The summed E-state index contributed by atoms with van der Waals surface area (Å²) in [6.45, 7) is 6.03. The Hall–Kier alpha value is -1.46. The molecule has 0 aliphatic carbocycles. The highest BCUT2D eigenvalue weighted by molar-refractivity contribution is 5.87. The van der Waals surface area contributed by atoms with E-state index in [9.17, 15) is 4.79 Å². The van der Waals surface area contributed by atoms with Crippen molar-refractivity contribution in [1.82, 2.24) is 10.3 Å². The first-order valence-electron chi connectivity index (χ1n) is 6.19. The van der Waals surface area contributed by atoms with Gasteiger partial charge in [-0.25, -0.2) is 4.98 Å². The van der Waals surface area contributed by atoms with Gasteiger partial charge in [0.15, 0.2) is 0 Å². The number of rotatable bonds is 4. The third kappa shape index (κ3) is 3.51. The summed E-state index contributed by atoms with van der Waals surface area (Å²) in [4.78, 5) is 15.0. The molecule has 2 rings (SSSR count). The molecule has 1 saturated heterocycles. The molecule has 0 radical (unpaired) electrons. The third-order valence-corrected chi connectivity index (χ3v) is 3.06. The molecule has 0 aromatic carbocycles. The quantitative estimate of drug-likeness (QED) is 0.840. The van der Waals surface area contributed by atoms with Crippen molar-refractivity contribution in [2.45, 2.75) is 26.4 Å². The Kier molecular flexibility index (Phi) is 4.28. The van der Waals surface area contributed by atoms with Gasteiger partial charge < -0.3 is 15.4 Å². The number of carbonyl (C=O) groups is 1. The predicted molar refractivity (Wildman–Crippen MR) is 69.2 cm³/mol. The Balaban J connectivity index is 1.84. The standard InChI is InChI=1S/C13H19N3O2/c1-9-7-18-8-12(9)14-5-11-3-4-13(15-6-11)16-10(2)17/h3-4,6,9,12,14H,5,7-8H2,1-2H3,(H,15,16,17). The van der Waals surface area contributed by atoms with Crippen LogP contribution in [0.5, 0.6) is 0 Å². The smallest absolute Gasteiger partial charge is 0.222 e. The molecule has 5 nitrogen and oxygen atoms in total. The van der Waals surface area contributed by atoms with Crippen LogP contribution in [-0.2, 0) is 16.1 Å². The van der Waals surface area contributed by atoms with Crippen molar-refractivity contribution >= 4 is 11.7 Å². The van der Waals surface area contributed by atoms with Crippen LogP contribution in [0.2, 0.25) is 0 Å². The average molecular weight is 249 g/mol. The van der Waals surface area contributed by atoms with Crippen LogP contribution in [0.3, 0.4) is 0 Å². The van der Waals surface area contributed by atoms with Gasteiger partial charge in [0.1, 0.15) is 5.82 Å². The molecule has 1 aromatic rings. The summed E-state index contributed by atoms with van der Waals surface area (Å²) in [5, 5.41) is 6.10. The minimum atomic E-state index is -0.106. The van der Waals surface area contributed by atoms with Crippen molar-refractivity contribution < 1.29 is 9.53 Å². The van der Waals surface area contributed by atoms with Crippen molar-refractivity contribution in [3.63, 3.8) is 0 Å². The van der Waals surface area contributed by atoms with Gasteiger partial charge in [0.2, 0.25) is 5.91 Å². The summed E-state index contributed by atoms with van der Waals surface area (Å²) in [6, 6.07) is 4.19. The van der Waals surface area contributed by atoms with Gasteiger partial charge in [-0.05, 0) is 17.5 Å². The molecule has 0 spiro atoms. The van der Waals surface area contributed by atoms with E-state index in [-0.39, 0.29) is 5.91 Å². The van der Waals surface area contributed by atoms with Crippen LogP contribution in [0.1, 0.15) is 19.4 Å². The molecule has 2 N–H and O–H groups in total. The number of anilines is 1. The SMILES string of the molecule is CC(=O)Nc1ccc(CNC2COCC2C)cn1. The van der Waals surface area contributed by atoms with E-state index in [1.165, 1.54) is 6.92 Å². The molecule has 1 aliphatic rings. The van der Waals surface area contributed by atoms with Gasteiger partial charge in [-0.3, -0.25) is 4.79 Å². The first-order valence-corrected chi connectivity index (χ1v) is 6.19. The molecule has 1 aliphatic heterocycles. The van der Waals surface area contributed by atoms with Crippen LogP contribution in [0.4, 0.5) is 5.82 Å². The van der Waals surface area contributed by atoms with Crippen molar-refractivity contribution in [1.29, 1.82) is 0 Å². The van der Waals surface area contributed by atoms with Gasteiger partial charge in [-0.2, -0.15) is 0 Å². The normalized spacial score (nSPS) is 23.0. The predicted octanol–water partition coefficient (Wildman–Crippen LogP) is 1.16. The topological polar surface area (TPSA) is 63.2 Å². The Labute approximate surface area is 107 Å². The Morgan fingerprint density at radius 1 is 1.50 bits per heavy atom. The Morgan fingerprint density at radius 3 is 2.89 bits per heavy atom. The highest BCUT2D eigenvalue weighted by Gasteiger charge is 2.23. The van der Waals surface area contributed by atoms with Crippen molar-refractivity contribution in [2.24, 2.45) is 5.92 Å². The Bertz CT molecular complexity index is 405. The summed E-state index contributed by atoms with van der Waals surface area (Å²) in [6.07, 6.45) is 1.78. The fourth-order valence-corrected chi connectivity index (χ4v) is 1.95. The van der Waals surface area contributed by atoms with E-state index in [0.29, 0.717) is 17.8 Å². The molecule has 0 bridgehead atoms. The lowest BCUT2D eigenvalue weighted by molar-refractivity contribution is -0.114. The van der Waals surface area contributed by atoms with Crippen LogP contribution in [0.15, 0.2) is 18.3 Å². The number of ether oxygens (including phenoxy) is 1. The van der Waals surface area contributed by atoms with Crippen LogP contribution in [0, 0.1) is 5.92 Å². The van der Waals surface area contributed by atoms with E-state index in [0.717, 1.165) is 25.3 Å². The Morgan fingerprint density at radius 2 is 2.33 bits per heavy atom. The molecule has 98 valence electrons. The van der Waals surface area contributed by atoms with Crippen LogP contribution < -0.4 is 10.6 Å². The summed E-state index contributed by atoms with van der Waals surface area (Å²) in [7, 11) is 0. The zero-order valence-corrected chi connectivity index (χ0v) is 10.8.